The normalized spacial score (nSPS) is 10.1. The van der Waals surface area contributed by atoms with Gasteiger partial charge in [-0.25, -0.2) is 4.79 Å². The summed E-state index contributed by atoms with van der Waals surface area (Å²) in [5.41, 5.74) is 1.19. The van der Waals surface area contributed by atoms with Crippen LogP contribution in [0.1, 0.15) is 10.4 Å². The summed E-state index contributed by atoms with van der Waals surface area (Å²) < 4.78 is 22.1. The van der Waals surface area contributed by atoms with Gasteiger partial charge in [-0.1, -0.05) is 45.6 Å². The standard InChI is InChI=1S/C21H17BrN2O5S/c1-26-17-9-8-14(13-18(17)27-2)19-23-24-21(29-19)30-11-4-3-10-28-20(25)15-6-5-7-16(22)12-15/h5-9,12-13H,10-11H2,1-2H3. The number of esters is 1. The molecule has 0 aliphatic rings. The molecule has 1 aromatic heterocycles. The average Bonchev–Trinajstić information content (AvgIpc) is 3.24. The van der Waals surface area contributed by atoms with E-state index in [2.05, 4.69) is 38.0 Å². The molecule has 3 aromatic rings. The van der Waals surface area contributed by atoms with Gasteiger partial charge in [-0.05, 0) is 36.4 Å². The minimum absolute atomic E-state index is 0.00658. The molecule has 2 aromatic carbocycles. The van der Waals surface area contributed by atoms with Crippen molar-refractivity contribution in [3.8, 4) is 34.8 Å². The molecule has 0 aliphatic carbocycles. The van der Waals surface area contributed by atoms with Gasteiger partial charge in [0.05, 0.1) is 25.5 Å². The Morgan fingerprint density at radius 1 is 1.10 bits per heavy atom. The Morgan fingerprint density at radius 3 is 2.70 bits per heavy atom. The van der Waals surface area contributed by atoms with Crippen molar-refractivity contribution in [3.05, 3.63) is 52.5 Å². The number of methoxy groups -OCH3 is 2. The molecule has 0 aliphatic heterocycles. The lowest BCUT2D eigenvalue weighted by Crippen LogP contribution is -2.05. The van der Waals surface area contributed by atoms with Crippen molar-refractivity contribution < 1.29 is 23.4 Å². The molecule has 3 rings (SSSR count). The van der Waals surface area contributed by atoms with Crippen molar-refractivity contribution in [2.24, 2.45) is 0 Å². The fourth-order valence-electron chi connectivity index (χ4n) is 2.35. The maximum atomic E-state index is 11.9. The summed E-state index contributed by atoms with van der Waals surface area (Å²) in [6.07, 6.45) is 0. The molecule has 7 nitrogen and oxygen atoms in total. The van der Waals surface area contributed by atoms with Gasteiger partial charge >= 0.3 is 5.97 Å². The van der Waals surface area contributed by atoms with Crippen LogP contribution in [0.25, 0.3) is 11.5 Å². The van der Waals surface area contributed by atoms with Gasteiger partial charge in [-0.15, -0.1) is 10.2 Å². The minimum atomic E-state index is -0.422. The molecule has 0 bridgehead atoms. The number of benzene rings is 2. The molecule has 1 heterocycles. The molecule has 0 saturated heterocycles. The second-order valence-electron chi connectivity index (χ2n) is 5.67. The van der Waals surface area contributed by atoms with Crippen molar-refractivity contribution in [3.63, 3.8) is 0 Å². The summed E-state index contributed by atoms with van der Waals surface area (Å²) in [5, 5.41) is 8.43. The highest BCUT2D eigenvalue weighted by Crippen LogP contribution is 2.32. The topological polar surface area (TPSA) is 83.7 Å². The number of nitrogens with zero attached hydrogens (tertiary/aromatic N) is 2. The Labute approximate surface area is 186 Å². The number of ether oxygens (including phenoxy) is 3. The van der Waals surface area contributed by atoms with Gasteiger partial charge in [0.25, 0.3) is 5.22 Å². The van der Waals surface area contributed by atoms with Crippen LogP contribution in [0.3, 0.4) is 0 Å². The van der Waals surface area contributed by atoms with Gasteiger partial charge in [0.15, 0.2) is 18.1 Å². The summed E-state index contributed by atoms with van der Waals surface area (Å²) in [6.45, 7) is 0.00658. The van der Waals surface area contributed by atoms with Crippen LogP contribution in [-0.2, 0) is 4.74 Å². The second-order valence-corrected chi connectivity index (χ2v) is 7.51. The van der Waals surface area contributed by atoms with Crippen LogP contribution < -0.4 is 9.47 Å². The molecular formula is C21H17BrN2O5S. The predicted molar refractivity (Wildman–Crippen MR) is 116 cm³/mol. The Balaban J connectivity index is 1.49. The highest BCUT2D eigenvalue weighted by molar-refractivity contribution is 9.10. The van der Waals surface area contributed by atoms with Crippen molar-refractivity contribution in [2.75, 3.05) is 26.6 Å². The Morgan fingerprint density at radius 2 is 1.93 bits per heavy atom. The molecule has 0 fully saturated rings. The molecule has 0 spiro atoms. The van der Waals surface area contributed by atoms with E-state index in [1.807, 2.05) is 12.1 Å². The zero-order valence-electron chi connectivity index (χ0n) is 16.2. The number of hydrogen-bond acceptors (Lipinski definition) is 8. The van der Waals surface area contributed by atoms with Crippen molar-refractivity contribution >= 4 is 33.7 Å². The number of carbonyl (C=O) groups is 1. The fourth-order valence-corrected chi connectivity index (χ4v) is 3.29. The third-order valence-electron chi connectivity index (χ3n) is 3.77. The van der Waals surface area contributed by atoms with Gasteiger partial charge in [-0.2, -0.15) is 0 Å². The Hall–Kier alpha value is -2.96. The SMILES string of the molecule is COc1ccc(-c2nnc(SCC#CCOC(=O)c3cccc(Br)c3)o2)cc1OC. The summed E-state index contributed by atoms with van der Waals surface area (Å²) in [4.78, 5) is 11.9. The molecule has 0 unspecified atom stereocenters. The van der Waals surface area contributed by atoms with E-state index in [1.54, 1.807) is 44.6 Å². The lowest BCUT2D eigenvalue weighted by molar-refractivity contribution is 0.0556. The fraction of sp³-hybridized carbons (Fsp3) is 0.190. The third-order valence-corrected chi connectivity index (χ3v) is 4.96. The Bertz CT molecular complexity index is 1090. The van der Waals surface area contributed by atoms with E-state index in [4.69, 9.17) is 18.6 Å². The summed E-state index contributed by atoms with van der Waals surface area (Å²) in [5.74, 6) is 7.25. The molecule has 0 atom stereocenters. The first-order chi connectivity index (χ1) is 14.6. The van der Waals surface area contributed by atoms with Gasteiger partial charge < -0.3 is 18.6 Å². The number of aromatic nitrogens is 2. The van der Waals surface area contributed by atoms with E-state index in [1.165, 1.54) is 11.8 Å². The van der Waals surface area contributed by atoms with Crippen LogP contribution in [0.4, 0.5) is 0 Å². The van der Waals surface area contributed by atoms with Crippen molar-refractivity contribution in [1.82, 2.24) is 10.2 Å². The van der Waals surface area contributed by atoms with Gasteiger partial charge in [0, 0.05) is 10.0 Å². The maximum Gasteiger partial charge on any atom is 0.339 e. The lowest BCUT2D eigenvalue weighted by atomic mass is 10.2. The summed E-state index contributed by atoms with van der Waals surface area (Å²) in [7, 11) is 3.13. The first-order valence-corrected chi connectivity index (χ1v) is 10.5. The van der Waals surface area contributed by atoms with Crippen LogP contribution in [0, 0.1) is 11.8 Å². The first kappa shape index (κ1) is 21.7. The highest BCUT2D eigenvalue weighted by Gasteiger charge is 2.12. The van der Waals surface area contributed by atoms with Gasteiger partial charge in [-0.3, -0.25) is 0 Å². The maximum absolute atomic E-state index is 11.9. The molecule has 154 valence electrons. The second kappa shape index (κ2) is 10.7. The third kappa shape index (κ3) is 5.78. The number of carbonyl (C=O) groups excluding carboxylic acids is 1. The zero-order valence-corrected chi connectivity index (χ0v) is 18.6. The predicted octanol–water partition coefficient (Wildman–Crippen LogP) is 4.47. The van der Waals surface area contributed by atoms with E-state index in [0.29, 0.717) is 33.9 Å². The van der Waals surface area contributed by atoms with Crippen LogP contribution >= 0.6 is 27.7 Å². The van der Waals surface area contributed by atoms with E-state index in [-0.39, 0.29) is 6.61 Å². The summed E-state index contributed by atoms with van der Waals surface area (Å²) >= 11 is 4.61. The van der Waals surface area contributed by atoms with Crippen LogP contribution in [-0.4, -0.2) is 42.7 Å². The van der Waals surface area contributed by atoms with E-state index in [9.17, 15) is 4.79 Å². The molecule has 0 amide bonds. The number of halogens is 1. The average molecular weight is 489 g/mol. The largest absolute Gasteiger partial charge is 0.493 e. The molecular weight excluding hydrogens is 472 g/mol. The molecule has 0 N–H and O–H groups in total. The van der Waals surface area contributed by atoms with E-state index >= 15 is 0 Å². The van der Waals surface area contributed by atoms with E-state index in [0.717, 1.165) is 10.0 Å². The van der Waals surface area contributed by atoms with Gasteiger partial charge in [0.2, 0.25) is 5.89 Å². The monoisotopic (exact) mass is 488 g/mol. The smallest absolute Gasteiger partial charge is 0.339 e. The van der Waals surface area contributed by atoms with Crippen LogP contribution in [0.5, 0.6) is 11.5 Å². The first-order valence-electron chi connectivity index (χ1n) is 8.68. The zero-order chi connectivity index (χ0) is 21.3. The number of rotatable bonds is 7. The molecule has 0 saturated carbocycles. The summed E-state index contributed by atoms with van der Waals surface area (Å²) in [6, 6.07) is 12.3. The number of thioether (sulfide) groups is 1. The molecule has 0 radical (unpaired) electrons. The van der Waals surface area contributed by atoms with Crippen molar-refractivity contribution in [1.29, 1.82) is 0 Å². The quantitative estimate of drug-likeness (QED) is 0.273. The van der Waals surface area contributed by atoms with Crippen molar-refractivity contribution in [2.45, 2.75) is 5.22 Å². The van der Waals surface area contributed by atoms with E-state index < -0.39 is 5.97 Å². The highest BCUT2D eigenvalue weighted by atomic mass is 79.9. The van der Waals surface area contributed by atoms with Gasteiger partial charge in [0.1, 0.15) is 0 Å². The molecule has 30 heavy (non-hydrogen) atoms. The number of hydrogen-bond donors (Lipinski definition) is 0. The minimum Gasteiger partial charge on any atom is -0.493 e. The Kier molecular flexibility index (Phi) is 7.76. The molecule has 9 heteroatoms. The van der Waals surface area contributed by atoms with Crippen LogP contribution in [0.15, 0.2) is 56.6 Å². The lowest BCUT2D eigenvalue weighted by Gasteiger charge is -2.07. The van der Waals surface area contributed by atoms with Crippen LogP contribution in [0.2, 0.25) is 0 Å².